The Hall–Kier alpha value is -0.430. The van der Waals surface area contributed by atoms with Gasteiger partial charge in [0.1, 0.15) is 4.21 Å². The van der Waals surface area contributed by atoms with Gasteiger partial charge in [-0.2, -0.15) is 0 Å². The van der Waals surface area contributed by atoms with Crippen LogP contribution in [0.1, 0.15) is 38.0 Å². The Bertz CT molecular complexity index is 539. The van der Waals surface area contributed by atoms with E-state index < -0.39 is 10.0 Å². The van der Waals surface area contributed by atoms with Crippen LogP contribution in [-0.4, -0.2) is 21.0 Å². The monoisotopic (exact) mass is 316 g/mol. The third-order valence-electron chi connectivity index (χ3n) is 4.21. The molecule has 0 spiro atoms. The van der Waals surface area contributed by atoms with E-state index in [9.17, 15) is 8.42 Å². The van der Waals surface area contributed by atoms with Crippen LogP contribution in [0.3, 0.4) is 0 Å². The van der Waals surface area contributed by atoms with E-state index >= 15 is 0 Å². The van der Waals surface area contributed by atoms with Crippen LogP contribution in [0.5, 0.6) is 0 Å². The zero-order chi connectivity index (χ0) is 14.8. The quantitative estimate of drug-likeness (QED) is 0.876. The molecule has 3 N–H and O–H groups in total. The molecule has 0 amide bonds. The van der Waals surface area contributed by atoms with Gasteiger partial charge in [0.2, 0.25) is 10.0 Å². The first-order valence-electron chi connectivity index (χ1n) is 7.23. The van der Waals surface area contributed by atoms with Crippen molar-refractivity contribution in [3.8, 4) is 0 Å². The maximum absolute atomic E-state index is 12.4. The second-order valence-corrected chi connectivity index (χ2v) is 8.95. The van der Waals surface area contributed by atoms with Crippen LogP contribution in [0, 0.1) is 11.8 Å². The van der Waals surface area contributed by atoms with E-state index in [0.717, 1.165) is 30.6 Å². The lowest BCUT2D eigenvalue weighted by Crippen LogP contribution is -2.39. The van der Waals surface area contributed by atoms with Crippen molar-refractivity contribution in [1.29, 1.82) is 0 Å². The smallest absolute Gasteiger partial charge is 0.250 e. The number of sulfonamides is 1. The van der Waals surface area contributed by atoms with Crippen molar-refractivity contribution in [2.45, 2.75) is 49.8 Å². The number of hydrogen-bond donors (Lipinski definition) is 2. The Labute approximate surface area is 125 Å². The highest BCUT2D eigenvalue weighted by atomic mass is 32.2. The van der Waals surface area contributed by atoms with Gasteiger partial charge in [0.25, 0.3) is 0 Å². The summed E-state index contributed by atoms with van der Waals surface area (Å²) in [6.07, 6.45) is 3.70. The Kier molecular flexibility index (Phi) is 5.23. The molecular formula is C14H24N2O2S2. The van der Waals surface area contributed by atoms with Crippen molar-refractivity contribution in [2.24, 2.45) is 17.6 Å². The number of rotatable bonds is 5. The van der Waals surface area contributed by atoms with Crippen LogP contribution in [0.4, 0.5) is 0 Å². The van der Waals surface area contributed by atoms with E-state index in [1.165, 1.54) is 11.3 Å². The summed E-state index contributed by atoms with van der Waals surface area (Å²) in [7, 11) is -3.37. The highest BCUT2D eigenvalue weighted by molar-refractivity contribution is 7.91. The highest BCUT2D eigenvalue weighted by Crippen LogP contribution is 2.30. The average molecular weight is 316 g/mol. The zero-order valence-corrected chi connectivity index (χ0v) is 13.8. The third kappa shape index (κ3) is 3.81. The Morgan fingerprint density at radius 3 is 2.70 bits per heavy atom. The number of thiophene rings is 1. The number of nitrogens with one attached hydrogen (secondary N) is 1. The van der Waals surface area contributed by atoms with Crippen LogP contribution in [0.2, 0.25) is 0 Å². The van der Waals surface area contributed by atoms with Gasteiger partial charge in [-0.15, -0.1) is 11.3 Å². The Morgan fingerprint density at radius 1 is 1.30 bits per heavy atom. The first kappa shape index (κ1) is 15.9. The lowest BCUT2D eigenvalue weighted by molar-refractivity contribution is 0.242. The molecule has 2 rings (SSSR count). The third-order valence-corrected chi connectivity index (χ3v) is 7.37. The molecule has 0 saturated heterocycles. The van der Waals surface area contributed by atoms with E-state index in [-0.39, 0.29) is 6.04 Å². The van der Waals surface area contributed by atoms with E-state index in [4.69, 9.17) is 5.73 Å². The van der Waals surface area contributed by atoms with Crippen molar-refractivity contribution in [2.75, 3.05) is 6.54 Å². The minimum absolute atomic E-state index is 0.0752. The minimum atomic E-state index is -3.37. The van der Waals surface area contributed by atoms with E-state index in [2.05, 4.69) is 18.6 Å². The van der Waals surface area contributed by atoms with Crippen LogP contribution < -0.4 is 10.5 Å². The summed E-state index contributed by atoms with van der Waals surface area (Å²) in [6.45, 7) is 4.99. The van der Waals surface area contributed by atoms with Crippen molar-refractivity contribution in [3.63, 3.8) is 0 Å². The molecule has 1 aliphatic carbocycles. The van der Waals surface area contributed by atoms with Crippen LogP contribution >= 0.6 is 11.3 Å². The summed E-state index contributed by atoms with van der Waals surface area (Å²) in [4.78, 5) is 1.03. The molecule has 0 aliphatic heterocycles. The molecule has 3 unspecified atom stereocenters. The second-order valence-electron chi connectivity index (χ2n) is 5.85. The van der Waals surface area contributed by atoms with Crippen molar-refractivity contribution < 1.29 is 8.42 Å². The molecule has 1 saturated carbocycles. The maximum Gasteiger partial charge on any atom is 0.250 e. The molecule has 20 heavy (non-hydrogen) atoms. The van der Waals surface area contributed by atoms with Gasteiger partial charge in [-0.05, 0) is 56.2 Å². The summed E-state index contributed by atoms with van der Waals surface area (Å²) in [5, 5.41) is 0. The van der Waals surface area contributed by atoms with Gasteiger partial charge < -0.3 is 5.73 Å². The van der Waals surface area contributed by atoms with Gasteiger partial charge in [-0.25, -0.2) is 13.1 Å². The summed E-state index contributed by atoms with van der Waals surface area (Å²) in [6, 6.07) is 3.62. The normalized spacial score (nSPS) is 27.6. The lowest BCUT2D eigenvalue weighted by atomic mass is 9.79. The first-order valence-corrected chi connectivity index (χ1v) is 9.53. The molecule has 1 heterocycles. The minimum Gasteiger partial charge on any atom is -0.330 e. The van der Waals surface area contributed by atoms with Gasteiger partial charge in [0.15, 0.2) is 0 Å². The summed E-state index contributed by atoms with van der Waals surface area (Å²) in [5.41, 5.74) is 5.50. The zero-order valence-electron chi connectivity index (χ0n) is 12.1. The van der Waals surface area contributed by atoms with Gasteiger partial charge >= 0.3 is 0 Å². The topological polar surface area (TPSA) is 72.2 Å². The van der Waals surface area contributed by atoms with E-state index in [0.29, 0.717) is 22.6 Å². The molecule has 114 valence electrons. The molecule has 0 radical (unpaired) electrons. The highest BCUT2D eigenvalue weighted by Gasteiger charge is 2.28. The fourth-order valence-electron chi connectivity index (χ4n) is 2.71. The van der Waals surface area contributed by atoms with E-state index in [1.54, 1.807) is 6.07 Å². The van der Waals surface area contributed by atoms with Crippen LogP contribution in [-0.2, 0) is 16.4 Å². The molecule has 1 aromatic rings. The second kappa shape index (κ2) is 6.56. The number of nitrogens with two attached hydrogens (primary N) is 1. The summed E-state index contributed by atoms with van der Waals surface area (Å²) < 4.78 is 28.0. The predicted molar refractivity (Wildman–Crippen MR) is 83.4 cm³/mol. The van der Waals surface area contributed by atoms with Crippen molar-refractivity contribution in [1.82, 2.24) is 4.72 Å². The predicted octanol–water partition coefficient (Wildman–Crippen LogP) is 2.35. The lowest BCUT2D eigenvalue weighted by Gasteiger charge is -2.32. The molecule has 1 aromatic heterocycles. The SMILES string of the molecule is CC1CCC(NS(=O)(=O)c2ccc(CCN)s2)CC1C. The maximum atomic E-state index is 12.4. The molecule has 1 aliphatic rings. The van der Waals surface area contributed by atoms with Gasteiger partial charge in [-0.3, -0.25) is 0 Å². The van der Waals surface area contributed by atoms with Gasteiger partial charge in [0, 0.05) is 10.9 Å². The Morgan fingerprint density at radius 2 is 2.05 bits per heavy atom. The van der Waals surface area contributed by atoms with Crippen LogP contribution in [0.25, 0.3) is 0 Å². The van der Waals surface area contributed by atoms with E-state index in [1.807, 2.05) is 6.07 Å². The van der Waals surface area contributed by atoms with Crippen LogP contribution in [0.15, 0.2) is 16.3 Å². The van der Waals surface area contributed by atoms with Crippen molar-refractivity contribution in [3.05, 3.63) is 17.0 Å². The van der Waals surface area contributed by atoms with Gasteiger partial charge in [-0.1, -0.05) is 13.8 Å². The molecule has 1 fully saturated rings. The first-order chi connectivity index (χ1) is 9.42. The molecule has 0 bridgehead atoms. The largest absolute Gasteiger partial charge is 0.330 e. The molecular weight excluding hydrogens is 292 g/mol. The fourth-order valence-corrected chi connectivity index (χ4v) is 5.38. The molecule has 4 nitrogen and oxygen atoms in total. The molecule has 3 atom stereocenters. The van der Waals surface area contributed by atoms with Crippen molar-refractivity contribution >= 4 is 21.4 Å². The summed E-state index contributed by atoms with van der Waals surface area (Å²) >= 11 is 1.32. The standard InChI is InChI=1S/C14H24N2O2S2/c1-10-3-4-12(9-11(10)2)16-20(17,18)14-6-5-13(19-14)7-8-15/h5-6,10-12,16H,3-4,7-9,15H2,1-2H3. The fraction of sp³-hybridized carbons (Fsp3) is 0.714. The number of hydrogen-bond acceptors (Lipinski definition) is 4. The summed E-state index contributed by atoms with van der Waals surface area (Å²) in [5.74, 6) is 1.27. The Balaban J connectivity index is 2.03. The average Bonchev–Trinajstić information content (AvgIpc) is 2.83. The molecule has 0 aromatic carbocycles. The van der Waals surface area contributed by atoms with Gasteiger partial charge in [0.05, 0.1) is 0 Å². The molecule has 6 heteroatoms.